The van der Waals surface area contributed by atoms with E-state index in [0.29, 0.717) is 5.56 Å². The Morgan fingerprint density at radius 2 is 1.84 bits per heavy atom. The fourth-order valence-corrected chi connectivity index (χ4v) is 4.37. The van der Waals surface area contributed by atoms with Crippen LogP contribution in [0.25, 0.3) is 0 Å². The molecule has 0 spiro atoms. The molecule has 1 heterocycles. The summed E-state index contributed by atoms with van der Waals surface area (Å²) in [5, 5.41) is 3.29. The first-order valence-electron chi connectivity index (χ1n) is 8.49. The summed E-state index contributed by atoms with van der Waals surface area (Å²) in [5.41, 5.74) is 1.26. The average molecular weight is 388 g/mol. The highest BCUT2D eigenvalue weighted by Gasteiger charge is 2.29. The quantitative estimate of drug-likeness (QED) is 0.805. The standard InChI is InChI=1S/C17H25N3O3S.ClH/c1-12-3-6-15(24(22,23)19-13-4-5-13)11-16(12)17(21)20(2)14-7-9-18-10-8-14;/h3,6,11,13-14,18-19H,4-5,7-10H2,1-2H3;1H. The maximum absolute atomic E-state index is 12.9. The van der Waals surface area contributed by atoms with Crippen molar-refractivity contribution >= 4 is 28.3 Å². The van der Waals surface area contributed by atoms with Crippen LogP contribution >= 0.6 is 12.4 Å². The number of hydrogen-bond acceptors (Lipinski definition) is 4. The maximum atomic E-state index is 12.9. The zero-order chi connectivity index (χ0) is 17.3. The monoisotopic (exact) mass is 387 g/mol. The number of aryl methyl sites for hydroxylation is 1. The Bertz CT molecular complexity index is 729. The zero-order valence-corrected chi connectivity index (χ0v) is 16.3. The molecule has 1 aliphatic heterocycles. The number of nitrogens with one attached hydrogen (secondary N) is 2. The van der Waals surface area contributed by atoms with Gasteiger partial charge in [0.25, 0.3) is 5.91 Å². The Hall–Kier alpha value is -1.15. The van der Waals surface area contributed by atoms with Crippen molar-refractivity contribution in [3.05, 3.63) is 29.3 Å². The van der Waals surface area contributed by atoms with E-state index in [0.717, 1.165) is 44.3 Å². The molecule has 6 nitrogen and oxygen atoms in total. The number of amides is 1. The van der Waals surface area contributed by atoms with E-state index in [4.69, 9.17) is 0 Å². The number of rotatable bonds is 5. The summed E-state index contributed by atoms with van der Waals surface area (Å²) in [6, 6.07) is 5.04. The third-order valence-electron chi connectivity index (χ3n) is 4.83. The van der Waals surface area contributed by atoms with E-state index in [1.165, 1.54) is 6.07 Å². The summed E-state index contributed by atoms with van der Waals surface area (Å²) in [6.45, 7) is 3.65. The molecule has 8 heteroatoms. The normalized spacial score (nSPS) is 18.5. The SMILES string of the molecule is Cc1ccc(S(=O)(=O)NC2CC2)cc1C(=O)N(C)C1CCNCC1.Cl. The highest BCUT2D eigenvalue weighted by Crippen LogP contribution is 2.24. The first kappa shape index (κ1) is 20.2. The number of hydrogen-bond donors (Lipinski definition) is 2. The minimum atomic E-state index is -3.55. The molecule has 1 saturated carbocycles. The highest BCUT2D eigenvalue weighted by molar-refractivity contribution is 7.89. The van der Waals surface area contributed by atoms with Crippen LogP contribution in [0.3, 0.4) is 0 Å². The molecule has 0 bridgehead atoms. The topological polar surface area (TPSA) is 78.5 Å². The lowest BCUT2D eigenvalue weighted by Gasteiger charge is -2.32. The van der Waals surface area contributed by atoms with Gasteiger partial charge in [0.1, 0.15) is 0 Å². The van der Waals surface area contributed by atoms with Crippen LogP contribution in [-0.2, 0) is 10.0 Å². The number of carbonyl (C=O) groups is 1. The predicted octanol–water partition coefficient (Wildman–Crippen LogP) is 1.68. The first-order chi connectivity index (χ1) is 11.4. The van der Waals surface area contributed by atoms with Crippen LogP contribution in [0.1, 0.15) is 41.6 Å². The summed E-state index contributed by atoms with van der Waals surface area (Å²) >= 11 is 0. The van der Waals surface area contributed by atoms with Crippen LogP contribution in [0, 0.1) is 6.92 Å². The number of sulfonamides is 1. The van der Waals surface area contributed by atoms with Gasteiger partial charge >= 0.3 is 0 Å². The van der Waals surface area contributed by atoms with Gasteiger partial charge in [-0.05, 0) is 63.4 Å². The second-order valence-electron chi connectivity index (χ2n) is 6.77. The van der Waals surface area contributed by atoms with E-state index in [-0.39, 0.29) is 35.3 Å². The van der Waals surface area contributed by atoms with Gasteiger partial charge < -0.3 is 10.2 Å². The molecule has 1 saturated heterocycles. The molecule has 1 aromatic rings. The van der Waals surface area contributed by atoms with E-state index in [1.807, 2.05) is 6.92 Å². The van der Waals surface area contributed by atoms with Crippen LogP contribution in [0.4, 0.5) is 0 Å². The fourth-order valence-electron chi connectivity index (χ4n) is 3.04. The molecule has 0 aromatic heterocycles. The van der Waals surface area contributed by atoms with Gasteiger partial charge in [0, 0.05) is 24.7 Å². The average Bonchev–Trinajstić information content (AvgIpc) is 3.38. The van der Waals surface area contributed by atoms with Gasteiger partial charge in [0.05, 0.1) is 4.90 Å². The summed E-state index contributed by atoms with van der Waals surface area (Å²) in [4.78, 5) is 14.8. The molecule has 2 N–H and O–H groups in total. The third-order valence-corrected chi connectivity index (χ3v) is 6.34. The Morgan fingerprint density at radius 3 is 2.44 bits per heavy atom. The van der Waals surface area contributed by atoms with Crippen LogP contribution < -0.4 is 10.0 Å². The van der Waals surface area contributed by atoms with Crippen LogP contribution in [-0.4, -0.2) is 51.4 Å². The lowest BCUT2D eigenvalue weighted by atomic mass is 10.0. The predicted molar refractivity (Wildman–Crippen MR) is 99.8 cm³/mol. The first-order valence-corrected chi connectivity index (χ1v) is 9.97. The number of benzene rings is 1. The molecule has 25 heavy (non-hydrogen) atoms. The van der Waals surface area contributed by atoms with E-state index < -0.39 is 10.0 Å². The number of piperidine rings is 1. The largest absolute Gasteiger partial charge is 0.339 e. The smallest absolute Gasteiger partial charge is 0.254 e. The van der Waals surface area contributed by atoms with Crippen molar-refractivity contribution < 1.29 is 13.2 Å². The minimum Gasteiger partial charge on any atom is -0.339 e. The molecule has 1 aliphatic carbocycles. The van der Waals surface area contributed by atoms with Gasteiger partial charge in [0.15, 0.2) is 0 Å². The molecule has 3 rings (SSSR count). The Balaban J connectivity index is 0.00000225. The minimum absolute atomic E-state index is 0. The maximum Gasteiger partial charge on any atom is 0.254 e. The molecule has 0 unspecified atom stereocenters. The molecular formula is C17H26ClN3O3S. The molecule has 1 aromatic carbocycles. The molecule has 0 radical (unpaired) electrons. The summed E-state index contributed by atoms with van der Waals surface area (Å²) < 4.78 is 27.5. The van der Waals surface area contributed by atoms with Gasteiger partial charge in [-0.2, -0.15) is 0 Å². The van der Waals surface area contributed by atoms with Crippen LogP contribution in [0.5, 0.6) is 0 Å². The third kappa shape index (κ3) is 4.73. The lowest BCUT2D eigenvalue weighted by molar-refractivity contribution is 0.0702. The fraction of sp³-hybridized carbons (Fsp3) is 0.588. The van der Waals surface area contributed by atoms with Crippen molar-refractivity contribution in [2.45, 2.75) is 49.6 Å². The highest BCUT2D eigenvalue weighted by atomic mass is 35.5. The Kier molecular flexibility index (Phi) is 6.48. The van der Waals surface area contributed by atoms with Crippen molar-refractivity contribution in [3.63, 3.8) is 0 Å². The number of carbonyl (C=O) groups excluding carboxylic acids is 1. The van der Waals surface area contributed by atoms with E-state index in [2.05, 4.69) is 10.0 Å². The van der Waals surface area contributed by atoms with Gasteiger partial charge in [-0.3, -0.25) is 4.79 Å². The molecule has 2 aliphatic rings. The van der Waals surface area contributed by atoms with Crippen molar-refractivity contribution in [2.24, 2.45) is 0 Å². The number of halogens is 1. The van der Waals surface area contributed by atoms with Gasteiger partial charge in [-0.15, -0.1) is 12.4 Å². The van der Waals surface area contributed by atoms with E-state index in [9.17, 15) is 13.2 Å². The zero-order valence-electron chi connectivity index (χ0n) is 14.6. The van der Waals surface area contributed by atoms with E-state index in [1.54, 1.807) is 24.1 Å². The summed E-state index contributed by atoms with van der Waals surface area (Å²) in [5.74, 6) is -0.108. The van der Waals surface area contributed by atoms with Crippen LogP contribution in [0.15, 0.2) is 23.1 Å². The van der Waals surface area contributed by atoms with Gasteiger partial charge in [0.2, 0.25) is 10.0 Å². The molecule has 0 atom stereocenters. The Labute approximate surface area is 155 Å². The second kappa shape index (κ2) is 8.03. The summed E-state index contributed by atoms with van der Waals surface area (Å²) in [7, 11) is -1.74. The Morgan fingerprint density at radius 1 is 1.20 bits per heavy atom. The van der Waals surface area contributed by atoms with Gasteiger partial charge in [-0.1, -0.05) is 6.07 Å². The second-order valence-corrected chi connectivity index (χ2v) is 8.48. The lowest BCUT2D eigenvalue weighted by Crippen LogP contribution is -2.44. The van der Waals surface area contributed by atoms with Crippen molar-refractivity contribution in [3.8, 4) is 0 Å². The molecular weight excluding hydrogens is 362 g/mol. The molecule has 1 amide bonds. The van der Waals surface area contributed by atoms with E-state index >= 15 is 0 Å². The van der Waals surface area contributed by atoms with Crippen molar-refractivity contribution in [2.75, 3.05) is 20.1 Å². The van der Waals surface area contributed by atoms with Gasteiger partial charge in [-0.25, -0.2) is 13.1 Å². The number of nitrogens with zero attached hydrogens (tertiary/aromatic N) is 1. The van der Waals surface area contributed by atoms with Crippen LogP contribution in [0.2, 0.25) is 0 Å². The molecule has 2 fully saturated rings. The molecule has 140 valence electrons. The van der Waals surface area contributed by atoms with Crippen molar-refractivity contribution in [1.82, 2.24) is 14.9 Å². The summed E-state index contributed by atoms with van der Waals surface area (Å²) in [6.07, 6.45) is 3.61. The van der Waals surface area contributed by atoms with Crippen molar-refractivity contribution in [1.29, 1.82) is 0 Å².